The topological polar surface area (TPSA) is 97.7 Å². The lowest BCUT2D eigenvalue weighted by Crippen LogP contribution is -2.27. The average Bonchev–Trinajstić information content (AvgIpc) is 2.51. The Kier molecular flexibility index (Phi) is 9.60. The molecule has 0 aromatic heterocycles. The van der Waals surface area contributed by atoms with E-state index in [1.807, 2.05) is 0 Å². The fraction of sp³-hybridized carbons (Fsp3) is 0.789. The number of carbonyl (C=O) groups is 4. The van der Waals surface area contributed by atoms with Gasteiger partial charge in [-0.2, -0.15) is 0 Å². The highest BCUT2D eigenvalue weighted by atomic mass is 16.5. The summed E-state index contributed by atoms with van der Waals surface area (Å²) in [5.74, 6) is -1.22. The first-order valence-corrected chi connectivity index (χ1v) is 8.86. The quantitative estimate of drug-likeness (QED) is 0.507. The first-order chi connectivity index (χ1) is 11.4. The number of hydrogen-bond donors (Lipinski definition) is 1. The molecule has 0 aromatic carbocycles. The van der Waals surface area contributed by atoms with Crippen LogP contribution < -0.4 is 0 Å². The van der Waals surface area contributed by atoms with E-state index in [1.165, 1.54) is 0 Å². The van der Waals surface area contributed by atoms with E-state index in [0.717, 1.165) is 0 Å². The van der Waals surface area contributed by atoms with Crippen molar-refractivity contribution in [2.75, 3.05) is 6.61 Å². The normalized spacial score (nSPS) is 11.9. The van der Waals surface area contributed by atoms with Crippen LogP contribution in [0, 0.1) is 10.8 Å². The zero-order valence-electron chi connectivity index (χ0n) is 16.1. The molecule has 0 aliphatic rings. The molecule has 0 saturated carbocycles. The van der Waals surface area contributed by atoms with E-state index in [-0.39, 0.29) is 36.8 Å². The van der Waals surface area contributed by atoms with E-state index in [0.29, 0.717) is 32.3 Å². The standard InChI is InChI=1S/C19H32O6/c1-6-25-17(24)19(4,5)13-11-15(21)9-7-8-14(20)10-12-18(2,3)16(22)23/h6-13H2,1-5H3,(H,22,23). The third-order valence-corrected chi connectivity index (χ3v) is 4.38. The molecule has 0 atom stereocenters. The molecular weight excluding hydrogens is 324 g/mol. The summed E-state index contributed by atoms with van der Waals surface area (Å²) >= 11 is 0. The number of rotatable bonds is 13. The molecule has 0 radical (unpaired) electrons. The second-order valence-electron chi connectivity index (χ2n) is 7.72. The van der Waals surface area contributed by atoms with Crippen LogP contribution in [-0.4, -0.2) is 35.2 Å². The molecular formula is C19H32O6. The van der Waals surface area contributed by atoms with E-state index >= 15 is 0 Å². The van der Waals surface area contributed by atoms with Crippen LogP contribution in [0.1, 0.15) is 79.6 Å². The summed E-state index contributed by atoms with van der Waals surface area (Å²) < 4.78 is 4.99. The molecule has 0 amide bonds. The van der Waals surface area contributed by atoms with Crippen LogP contribution in [0.5, 0.6) is 0 Å². The molecule has 0 unspecified atom stereocenters. The van der Waals surface area contributed by atoms with Crippen molar-refractivity contribution in [3.05, 3.63) is 0 Å². The molecule has 0 rings (SSSR count). The summed E-state index contributed by atoms with van der Waals surface area (Å²) in [6.45, 7) is 8.76. The molecule has 144 valence electrons. The monoisotopic (exact) mass is 356 g/mol. The van der Waals surface area contributed by atoms with Gasteiger partial charge in [-0.05, 0) is 53.9 Å². The van der Waals surface area contributed by atoms with Crippen molar-refractivity contribution in [1.82, 2.24) is 0 Å². The number of ketones is 2. The number of Topliss-reactive ketones (excluding diaryl/α,β-unsaturated/α-hetero) is 2. The minimum absolute atomic E-state index is 0.0195. The van der Waals surface area contributed by atoms with Crippen molar-refractivity contribution in [3.63, 3.8) is 0 Å². The van der Waals surface area contributed by atoms with Crippen LogP contribution in [0.4, 0.5) is 0 Å². The van der Waals surface area contributed by atoms with Gasteiger partial charge in [-0.25, -0.2) is 0 Å². The van der Waals surface area contributed by atoms with Crippen molar-refractivity contribution in [1.29, 1.82) is 0 Å². The Morgan fingerprint density at radius 1 is 0.800 bits per heavy atom. The van der Waals surface area contributed by atoms with E-state index in [4.69, 9.17) is 9.84 Å². The minimum Gasteiger partial charge on any atom is -0.481 e. The lowest BCUT2D eigenvalue weighted by Gasteiger charge is -2.21. The average molecular weight is 356 g/mol. The number of carboxylic acid groups (broad SMARTS) is 1. The second kappa shape index (κ2) is 10.3. The predicted octanol–water partition coefficient (Wildman–Crippen LogP) is 3.56. The largest absolute Gasteiger partial charge is 0.481 e. The molecule has 0 saturated heterocycles. The molecule has 0 fully saturated rings. The van der Waals surface area contributed by atoms with Gasteiger partial charge in [-0.3, -0.25) is 19.2 Å². The smallest absolute Gasteiger partial charge is 0.311 e. The van der Waals surface area contributed by atoms with Crippen molar-refractivity contribution in [3.8, 4) is 0 Å². The van der Waals surface area contributed by atoms with Crippen LogP contribution in [-0.2, 0) is 23.9 Å². The molecule has 0 heterocycles. The Bertz CT molecular complexity index is 490. The summed E-state index contributed by atoms with van der Waals surface area (Å²) in [5.41, 5.74) is -1.60. The maximum atomic E-state index is 11.9. The van der Waals surface area contributed by atoms with E-state index in [9.17, 15) is 19.2 Å². The summed E-state index contributed by atoms with van der Waals surface area (Å²) in [4.78, 5) is 46.5. The van der Waals surface area contributed by atoms with Crippen LogP contribution >= 0.6 is 0 Å². The number of carboxylic acids is 1. The fourth-order valence-corrected chi connectivity index (χ4v) is 2.17. The van der Waals surface area contributed by atoms with Crippen molar-refractivity contribution >= 4 is 23.5 Å². The van der Waals surface area contributed by atoms with Crippen LogP contribution in [0.3, 0.4) is 0 Å². The highest BCUT2D eigenvalue weighted by molar-refractivity contribution is 5.83. The van der Waals surface area contributed by atoms with Gasteiger partial charge in [0, 0.05) is 25.7 Å². The first kappa shape index (κ1) is 23.3. The van der Waals surface area contributed by atoms with Gasteiger partial charge < -0.3 is 9.84 Å². The Balaban J connectivity index is 4.06. The molecule has 0 aliphatic carbocycles. The highest BCUT2D eigenvalue weighted by Gasteiger charge is 2.29. The van der Waals surface area contributed by atoms with Crippen LogP contribution in [0.25, 0.3) is 0 Å². The summed E-state index contributed by atoms with van der Waals surface area (Å²) in [6, 6.07) is 0. The lowest BCUT2D eigenvalue weighted by molar-refractivity contribution is -0.154. The summed E-state index contributed by atoms with van der Waals surface area (Å²) in [7, 11) is 0. The van der Waals surface area contributed by atoms with Crippen LogP contribution in [0.2, 0.25) is 0 Å². The maximum absolute atomic E-state index is 11.9. The third-order valence-electron chi connectivity index (χ3n) is 4.38. The molecule has 0 spiro atoms. The second-order valence-corrected chi connectivity index (χ2v) is 7.72. The van der Waals surface area contributed by atoms with Gasteiger partial charge in [-0.15, -0.1) is 0 Å². The van der Waals surface area contributed by atoms with Gasteiger partial charge in [0.25, 0.3) is 0 Å². The molecule has 25 heavy (non-hydrogen) atoms. The molecule has 1 N–H and O–H groups in total. The lowest BCUT2D eigenvalue weighted by atomic mass is 9.86. The van der Waals surface area contributed by atoms with Gasteiger partial charge in [0.1, 0.15) is 11.6 Å². The summed E-state index contributed by atoms with van der Waals surface area (Å²) in [5, 5.41) is 9.01. The fourth-order valence-electron chi connectivity index (χ4n) is 2.17. The molecule has 0 aromatic rings. The Labute approximate surface area is 150 Å². The van der Waals surface area contributed by atoms with Crippen molar-refractivity contribution in [2.24, 2.45) is 10.8 Å². The molecule has 6 heteroatoms. The van der Waals surface area contributed by atoms with Gasteiger partial charge in [0.15, 0.2) is 0 Å². The summed E-state index contributed by atoms with van der Waals surface area (Å²) in [6.07, 6.45) is 2.25. The van der Waals surface area contributed by atoms with Crippen LogP contribution in [0.15, 0.2) is 0 Å². The SMILES string of the molecule is CCOC(=O)C(C)(C)CCC(=O)CCCC(=O)CCC(C)(C)C(=O)O. The highest BCUT2D eigenvalue weighted by Crippen LogP contribution is 2.25. The zero-order valence-corrected chi connectivity index (χ0v) is 16.1. The van der Waals surface area contributed by atoms with Crippen molar-refractivity contribution in [2.45, 2.75) is 79.6 Å². The minimum atomic E-state index is -0.917. The number of aliphatic carboxylic acids is 1. The number of ether oxygens (including phenoxy) is 1. The van der Waals surface area contributed by atoms with Gasteiger partial charge in [0.2, 0.25) is 0 Å². The maximum Gasteiger partial charge on any atom is 0.311 e. The number of esters is 1. The molecule has 0 aliphatic heterocycles. The Hall–Kier alpha value is -1.72. The molecule has 0 bridgehead atoms. The van der Waals surface area contributed by atoms with Gasteiger partial charge in [-0.1, -0.05) is 0 Å². The number of hydrogen-bond acceptors (Lipinski definition) is 5. The van der Waals surface area contributed by atoms with E-state index < -0.39 is 16.8 Å². The first-order valence-electron chi connectivity index (χ1n) is 8.86. The van der Waals surface area contributed by atoms with E-state index in [2.05, 4.69) is 0 Å². The van der Waals surface area contributed by atoms with Gasteiger partial charge >= 0.3 is 11.9 Å². The van der Waals surface area contributed by atoms with Crippen molar-refractivity contribution < 1.29 is 29.0 Å². The number of carbonyl (C=O) groups excluding carboxylic acids is 3. The third kappa shape index (κ3) is 9.37. The Morgan fingerprint density at radius 3 is 1.64 bits per heavy atom. The Morgan fingerprint density at radius 2 is 1.24 bits per heavy atom. The van der Waals surface area contributed by atoms with E-state index in [1.54, 1.807) is 34.6 Å². The van der Waals surface area contributed by atoms with Gasteiger partial charge in [0.05, 0.1) is 17.4 Å². The molecule has 6 nitrogen and oxygen atoms in total. The zero-order chi connectivity index (χ0) is 19.7. The predicted molar refractivity (Wildman–Crippen MR) is 94.2 cm³/mol.